The number of nitrogens with one attached hydrogen (secondary N) is 1. The van der Waals surface area contributed by atoms with Gasteiger partial charge in [-0.05, 0) is 40.0 Å². The molecule has 0 unspecified atom stereocenters. The Balaban J connectivity index is 2.06. The summed E-state index contributed by atoms with van der Waals surface area (Å²) in [5.74, 6) is 1.07. The van der Waals surface area contributed by atoms with Crippen LogP contribution in [0.25, 0.3) is 0 Å². The van der Waals surface area contributed by atoms with Crippen LogP contribution in [0.5, 0.6) is 0 Å². The summed E-state index contributed by atoms with van der Waals surface area (Å²) >= 11 is 3.38. The quantitative estimate of drug-likeness (QED) is 0.915. The van der Waals surface area contributed by atoms with Crippen molar-refractivity contribution in [2.24, 2.45) is 5.92 Å². The summed E-state index contributed by atoms with van der Waals surface area (Å²) in [7, 11) is 0. The average molecular weight is 327 g/mol. The fraction of sp³-hybridized carbons (Fsp3) is 0.385. The van der Waals surface area contributed by atoms with E-state index >= 15 is 0 Å². The summed E-state index contributed by atoms with van der Waals surface area (Å²) in [6.45, 7) is 5.58. The van der Waals surface area contributed by atoms with E-state index in [0.717, 1.165) is 16.8 Å². The number of aromatic nitrogens is 3. The summed E-state index contributed by atoms with van der Waals surface area (Å²) in [5.41, 5.74) is 0.707. The normalized spacial score (nSPS) is 11.0. The molecular weight excluding hydrogens is 311 g/mol. The summed E-state index contributed by atoms with van der Waals surface area (Å²) in [6, 6.07) is 4.54. The van der Waals surface area contributed by atoms with E-state index in [2.05, 4.69) is 45.2 Å². The minimum Gasteiger partial charge on any atom is -0.377 e. The maximum absolute atomic E-state index is 13.2. The van der Waals surface area contributed by atoms with Crippen molar-refractivity contribution < 1.29 is 4.39 Å². The molecule has 102 valence electrons. The molecule has 19 heavy (non-hydrogen) atoms. The first-order chi connectivity index (χ1) is 9.06. The van der Waals surface area contributed by atoms with Crippen molar-refractivity contribution in [2.45, 2.75) is 26.9 Å². The van der Waals surface area contributed by atoms with Crippen LogP contribution in [-0.4, -0.2) is 14.8 Å². The van der Waals surface area contributed by atoms with E-state index < -0.39 is 0 Å². The van der Waals surface area contributed by atoms with Crippen LogP contribution < -0.4 is 5.32 Å². The predicted molar refractivity (Wildman–Crippen MR) is 76.3 cm³/mol. The van der Waals surface area contributed by atoms with Gasteiger partial charge in [-0.2, -0.15) is 5.10 Å². The molecule has 6 heteroatoms. The molecule has 1 heterocycles. The Bertz CT molecular complexity index is 553. The topological polar surface area (TPSA) is 42.7 Å². The van der Waals surface area contributed by atoms with Crippen LogP contribution >= 0.6 is 15.9 Å². The first-order valence-electron chi connectivity index (χ1n) is 6.12. The Labute approximate surface area is 120 Å². The number of hydrogen-bond acceptors (Lipinski definition) is 3. The summed E-state index contributed by atoms with van der Waals surface area (Å²) in [6.07, 6.45) is 1.54. The lowest BCUT2D eigenvalue weighted by Gasteiger charge is -2.11. The number of nitrogens with zero attached hydrogens (tertiary/aromatic N) is 3. The van der Waals surface area contributed by atoms with Crippen LogP contribution in [0.3, 0.4) is 0 Å². The molecular formula is C13H16BrFN4. The van der Waals surface area contributed by atoms with Crippen LogP contribution in [-0.2, 0) is 13.1 Å². The van der Waals surface area contributed by atoms with Gasteiger partial charge in [0.05, 0.1) is 12.2 Å². The van der Waals surface area contributed by atoms with Gasteiger partial charge < -0.3 is 5.32 Å². The minimum atomic E-state index is -0.269. The zero-order chi connectivity index (χ0) is 13.8. The third-order valence-electron chi connectivity index (χ3n) is 2.60. The summed E-state index contributed by atoms with van der Waals surface area (Å²) in [4.78, 5) is 4.22. The monoisotopic (exact) mass is 326 g/mol. The first-order valence-corrected chi connectivity index (χ1v) is 6.91. The van der Waals surface area contributed by atoms with E-state index in [1.165, 1.54) is 12.1 Å². The molecule has 2 rings (SSSR count). The standard InChI is InChI=1S/C13H16BrFN4/c1-9(2)7-19-13(17-8-18-19)6-16-12-5-10(15)3-4-11(12)14/h3-5,8-9,16H,6-7H2,1-2H3. The van der Waals surface area contributed by atoms with Gasteiger partial charge >= 0.3 is 0 Å². The van der Waals surface area contributed by atoms with Crippen LogP contribution in [0.1, 0.15) is 19.7 Å². The largest absolute Gasteiger partial charge is 0.377 e. The second-order valence-electron chi connectivity index (χ2n) is 4.73. The smallest absolute Gasteiger partial charge is 0.146 e. The van der Waals surface area contributed by atoms with Gasteiger partial charge in [0.15, 0.2) is 0 Å². The van der Waals surface area contributed by atoms with E-state index in [1.807, 2.05) is 4.68 Å². The van der Waals surface area contributed by atoms with Gasteiger partial charge in [-0.1, -0.05) is 13.8 Å². The summed E-state index contributed by atoms with van der Waals surface area (Å²) in [5, 5.41) is 7.35. The van der Waals surface area contributed by atoms with E-state index in [-0.39, 0.29) is 5.82 Å². The van der Waals surface area contributed by atoms with E-state index in [0.29, 0.717) is 18.2 Å². The molecule has 0 atom stereocenters. The fourth-order valence-corrected chi connectivity index (χ4v) is 2.12. The predicted octanol–water partition coefficient (Wildman–Crippen LogP) is 3.45. The molecule has 0 bridgehead atoms. The van der Waals surface area contributed by atoms with Gasteiger partial charge in [-0.15, -0.1) is 0 Å². The highest BCUT2D eigenvalue weighted by atomic mass is 79.9. The lowest BCUT2D eigenvalue weighted by atomic mass is 10.2. The highest BCUT2D eigenvalue weighted by Gasteiger charge is 2.07. The van der Waals surface area contributed by atoms with Crippen molar-refractivity contribution in [3.8, 4) is 0 Å². The Kier molecular flexibility index (Phi) is 4.52. The van der Waals surface area contributed by atoms with Crippen LogP contribution in [0, 0.1) is 11.7 Å². The molecule has 2 aromatic rings. The molecule has 0 radical (unpaired) electrons. The molecule has 0 saturated carbocycles. The van der Waals surface area contributed by atoms with Crippen molar-refractivity contribution in [3.05, 3.63) is 40.6 Å². The number of halogens is 2. The molecule has 0 spiro atoms. The van der Waals surface area contributed by atoms with Crippen molar-refractivity contribution in [1.29, 1.82) is 0 Å². The second kappa shape index (κ2) is 6.14. The lowest BCUT2D eigenvalue weighted by Crippen LogP contribution is -2.13. The third-order valence-corrected chi connectivity index (χ3v) is 3.29. The third kappa shape index (κ3) is 3.76. The van der Waals surface area contributed by atoms with Crippen LogP contribution in [0.4, 0.5) is 10.1 Å². The molecule has 0 fully saturated rings. The lowest BCUT2D eigenvalue weighted by molar-refractivity contribution is 0.468. The SMILES string of the molecule is CC(C)Cn1ncnc1CNc1cc(F)ccc1Br. The highest BCUT2D eigenvalue weighted by molar-refractivity contribution is 9.10. The van der Waals surface area contributed by atoms with Gasteiger partial charge in [-0.25, -0.2) is 14.1 Å². The van der Waals surface area contributed by atoms with Crippen molar-refractivity contribution in [1.82, 2.24) is 14.8 Å². The molecule has 0 aliphatic carbocycles. The minimum absolute atomic E-state index is 0.269. The maximum Gasteiger partial charge on any atom is 0.146 e. The Morgan fingerprint density at radius 3 is 2.95 bits per heavy atom. The first kappa shape index (κ1) is 14.0. The van der Waals surface area contributed by atoms with Crippen molar-refractivity contribution in [3.63, 3.8) is 0 Å². The second-order valence-corrected chi connectivity index (χ2v) is 5.58. The number of rotatable bonds is 5. The van der Waals surface area contributed by atoms with Gasteiger partial charge in [0.1, 0.15) is 18.0 Å². The van der Waals surface area contributed by atoms with E-state index in [9.17, 15) is 4.39 Å². The van der Waals surface area contributed by atoms with Gasteiger partial charge in [-0.3, -0.25) is 0 Å². The molecule has 1 aromatic carbocycles. The average Bonchev–Trinajstić information content (AvgIpc) is 2.77. The number of hydrogen-bond donors (Lipinski definition) is 1. The Morgan fingerprint density at radius 1 is 1.42 bits per heavy atom. The Morgan fingerprint density at radius 2 is 2.21 bits per heavy atom. The van der Waals surface area contributed by atoms with Gasteiger partial charge in [0, 0.05) is 11.0 Å². The highest BCUT2D eigenvalue weighted by Crippen LogP contribution is 2.23. The zero-order valence-corrected chi connectivity index (χ0v) is 12.5. The molecule has 0 saturated heterocycles. The molecule has 1 N–H and O–H groups in total. The van der Waals surface area contributed by atoms with Crippen LogP contribution in [0.15, 0.2) is 29.0 Å². The van der Waals surface area contributed by atoms with Gasteiger partial charge in [0.25, 0.3) is 0 Å². The maximum atomic E-state index is 13.2. The van der Waals surface area contributed by atoms with E-state index in [1.54, 1.807) is 12.4 Å². The van der Waals surface area contributed by atoms with Crippen molar-refractivity contribution >= 4 is 21.6 Å². The Hall–Kier alpha value is -1.43. The number of benzene rings is 1. The number of anilines is 1. The zero-order valence-electron chi connectivity index (χ0n) is 10.9. The summed E-state index contributed by atoms with van der Waals surface area (Å²) < 4.78 is 15.9. The molecule has 0 aliphatic rings. The molecule has 4 nitrogen and oxygen atoms in total. The molecule has 0 amide bonds. The van der Waals surface area contributed by atoms with E-state index in [4.69, 9.17) is 0 Å². The molecule has 0 aliphatic heterocycles. The molecule has 1 aromatic heterocycles. The van der Waals surface area contributed by atoms with Crippen molar-refractivity contribution in [2.75, 3.05) is 5.32 Å². The fourth-order valence-electron chi connectivity index (χ4n) is 1.73. The van der Waals surface area contributed by atoms with Gasteiger partial charge in [0.2, 0.25) is 0 Å². The van der Waals surface area contributed by atoms with Crippen LogP contribution in [0.2, 0.25) is 0 Å².